The van der Waals surface area contributed by atoms with Crippen molar-refractivity contribution in [2.75, 3.05) is 0 Å². The van der Waals surface area contributed by atoms with E-state index in [2.05, 4.69) is 10.3 Å². The summed E-state index contributed by atoms with van der Waals surface area (Å²) in [5, 5.41) is 4.26. The zero-order chi connectivity index (χ0) is 20.4. The first-order chi connectivity index (χ1) is 14.1. The van der Waals surface area contributed by atoms with Gasteiger partial charge in [-0.1, -0.05) is 72.6 Å². The Hall–Kier alpha value is -2.82. The Morgan fingerprint density at radius 1 is 1.03 bits per heavy atom. The van der Waals surface area contributed by atoms with E-state index in [0.29, 0.717) is 34.4 Å². The summed E-state index contributed by atoms with van der Waals surface area (Å²) < 4.78 is 1.75. The number of amides is 1. The van der Waals surface area contributed by atoms with Gasteiger partial charge in [-0.05, 0) is 35.7 Å². The van der Waals surface area contributed by atoms with Gasteiger partial charge in [-0.15, -0.1) is 0 Å². The van der Waals surface area contributed by atoms with E-state index in [1.165, 1.54) is 0 Å². The van der Waals surface area contributed by atoms with Gasteiger partial charge in [0.2, 0.25) is 0 Å². The molecule has 4 nitrogen and oxygen atoms in total. The molecule has 0 unspecified atom stereocenters. The van der Waals surface area contributed by atoms with E-state index in [9.17, 15) is 4.79 Å². The van der Waals surface area contributed by atoms with E-state index >= 15 is 0 Å². The number of pyridine rings is 1. The fourth-order valence-electron chi connectivity index (χ4n) is 3.32. The van der Waals surface area contributed by atoms with E-state index < -0.39 is 0 Å². The molecule has 0 aliphatic heterocycles. The molecule has 0 radical (unpaired) electrons. The second-order valence-electron chi connectivity index (χ2n) is 6.70. The van der Waals surface area contributed by atoms with E-state index in [0.717, 1.165) is 22.4 Å². The lowest BCUT2D eigenvalue weighted by Gasteiger charge is -2.09. The van der Waals surface area contributed by atoms with Crippen molar-refractivity contribution < 1.29 is 4.79 Å². The van der Waals surface area contributed by atoms with Crippen LogP contribution in [0.1, 0.15) is 28.7 Å². The average Bonchev–Trinajstić information content (AvgIpc) is 3.10. The number of rotatable bonds is 5. The Labute approximate surface area is 179 Å². The van der Waals surface area contributed by atoms with Gasteiger partial charge < -0.3 is 5.32 Å². The monoisotopic (exact) mass is 423 g/mol. The molecule has 2 heterocycles. The molecule has 0 saturated carbocycles. The largest absolute Gasteiger partial charge is 0.347 e. The van der Waals surface area contributed by atoms with E-state index in [1.54, 1.807) is 16.7 Å². The molecule has 2 aromatic carbocycles. The topological polar surface area (TPSA) is 46.4 Å². The molecule has 0 aliphatic carbocycles. The summed E-state index contributed by atoms with van der Waals surface area (Å²) >= 11 is 12.4. The normalized spacial score (nSPS) is 11.0. The van der Waals surface area contributed by atoms with Crippen LogP contribution in [0.4, 0.5) is 0 Å². The van der Waals surface area contributed by atoms with Crippen molar-refractivity contribution in [1.29, 1.82) is 0 Å². The van der Waals surface area contributed by atoms with Gasteiger partial charge in [0.05, 0.1) is 10.7 Å². The number of benzene rings is 2. The average molecular weight is 424 g/mol. The highest BCUT2D eigenvalue weighted by Gasteiger charge is 2.18. The molecule has 4 aromatic rings. The number of aromatic nitrogens is 2. The van der Waals surface area contributed by atoms with Crippen molar-refractivity contribution in [3.8, 4) is 11.1 Å². The molecule has 1 N–H and O–H groups in total. The molecule has 146 valence electrons. The minimum atomic E-state index is -0.174. The first kappa shape index (κ1) is 19.5. The van der Waals surface area contributed by atoms with Crippen molar-refractivity contribution in [3.05, 3.63) is 93.9 Å². The Bertz CT molecular complexity index is 1180. The van der Waals surface area contributed by atoms with Gasteiger partial charge in [-0.2, -0.15) is 0 Å². The SMILES string of the molecule is CCc1nc2ccc(Cl)cn2c1C(=O)NCc1ccc(-c2ccccc2Cl)cc1. The summed E-state index contributed by atoms with van der Waals surface area (Å²) in [6, 6.07) is 19.3. The van der Waals surface area contributed by atoms with Crippen molar-refractivity contribution in [3.63, 3.8) is 0 Å². The molecule has 0 fully saturated rings. The lowest BCUT2D eigenvalue weighted by atomic mass is 10.0. The molecule has 0 aliphatic rings. The number of nitrogens with zero attached hydrogens (tertiary/aromatic N) is 2. The highest BCUT2D eigenvalue weighted by Crippen LogP contribution is 2.27. The maximum Gasteiger partial charge on any atom is 0.270 e. The van der Waals surface area contributed by atoms with Crippen molar-refractivity contribution in [2.45, 2.75) is 19.9 Å². The fourth-order valence-corrected chi connectivity index (χ4v) is 3.72. The summed E-state index contributed by atoms with van der Waals surface area (Å²) in [6.07, 6.45) is 2.38. The van der Waals surface area contributed by atoms with Gasteiger partial charge in [0.15, 0.2) is 0 Å². The summed E-state index contributed by atoms with van der Waals surface area (Å²) in [5.41, 5.74) is 5.01. The van der Waals surface area contributed by atoms with Crippen LogP contribution in [0, 0.1) is 0 Å². The molecule has 0 saturated heterocycles. The minimum absolute atomic E-state index is 0.174. The predicted octanol–water partition coefficient (Wildman–Crippen LogP) is 5.80. The molecule has 6 heteroatoms. The number of fused-ring (bicyclic) bond motifs is 1. The minimum Gasteiger partial charge on any atom is -0.347 e. The van der Waals surface area contributed by atoms with Crippen LogP contribution in [0.3, 0.4) is 0 Å². The third kappa shape index (κ3) is 4.00. The van der Waals surface area contributed by atoms with Gasteiger partial charge in [-0.3, -0.25) is 9.20 Å². The summed E-state index contributed by atoms with van der Waals surface area (Å²) in [6.45, 7) is 2.40. The van der Waals surface area contributed by atoms with E-state index in [-0.39, 0.29) is 5.91 Å². The number of carbonyl (C=O) groups is 1. The zero-order valence-corrected chi connectivity index (χ0v) is 17.3. The van der Waals surface area contributed by atoms with Gasteiger partial charge in [0, 0.05) is 23.3 Å². The Morgan fingerprint density at radius 3 is 2.52 bits per heavy atom. The van der Waals surface area contributed by atoms with Crippen LogP contribution < -0.4 is 5.32 Å². The highest BCUT2D eigenvalue weighted by molar-refractivity contribution is 6.33. The fraction of sp³-hybridized carbons (Fsp3) is 0.130. The lowest BCUT2D eigenvalue weighted by molar-refractivity contribution is 0.0944. The van der Waals surface area contributed by atoms with Crippen LogP contribution >= 0.6 is 23.2 Å². The second kappa shape index (κ2) is 8.27. The maximum atomic E-state index is 12.9. The number of imidazole rings is 1. The molecule has 29 heavy (non-hydrogen) atoms. The zero-order valence-electron chi connectivity index (χ0n) is 15.8. The molecular formula is C23H19Cl2N3O. The quantitative estimate of drug-likeness (QED) is 0.440. The van der Waals surface area contributed by atoms with Gasteiger partial charge in [0.25, 0.3) is 5.91 Å². The Kier molecular flexibility index (Phi) is 5.56. The summed E-state index contributed by atoms with van der Waals surface area (Å²) in [7, 11) is 0. The second-order valence-corrected chi connectivity index (χ2v) is 7.54. The number of halogens is 2. The number of hydrogen-bond donors (Lipinski definition) is 1. The summed E-state index contributed by atoms with van der Waals surface area (Å²) in [5.74, 6) is -0.174. The maximum absolute atomic E-state index is 12.9. The van der Waals surface area contributed by atoms with Gasteiger partial charge >= 0.3 is 0 Å². The smallest absolute Gasteiger partial charge is 0.270 e. The molecule has 2 aromatic heterocycles. The molecule has 0 bridgehead atoms. The van der Waals surface area contributed by atoms with Crippen molar-refractivity contribution >= 4 is 34.8 Å². The third-order valence-electron chi connectivity index (χ3n) is 4.80. The molecule has 0 atom stereocenters. The Balaban J connectivity index is 1.52. The lowest BCUT2D eigenvalue weighted by Crippen LogP contribution is -2.25. The number of hydrogen-bond acceptors (Lipinski definition) is 2. The summed E-state index contributed by atoms with van der Waals surface area (Å²) in [4.78, 5) is 17.4. The molecule has 1 amide bonds. The number of nitrogens with one attached hydrogen (secondary N) is 1. The van der Waals surface area contributed by atoms with Crippen LogP contribution in [-0.4, -0.2) is 15.3 Å². The van der Waals surface area contributed by atoms with E-state index in [1.807, 2.05) is 61.5 Å². The van der Waals surface area contributed by atoms with Gasteiger partial charge in [0.1, 0.15) is 11.3 Å². The van der Waals surface area contributed by atoms with Crippen LogP contribution in [0.5, 0.6) is 0 Å². The Morgan fingerprint density at radius 2 is 1.79 bits per heavy atom. The highest BCUT2D eigenvalue weighted by atomic mass is 35.5. The van der Waals surface area contributed by atoms with Crippen LogP contribution in [0.25, 0.3) is 16.8 Å². The predicted molar refractivity (Wildman–Crippen MR) is 118 cm³/mol. The first-order valence-electron chi connectivity index (χ1n) is 9.35. The first-order valence-corrected chi connectivity index (χ1v) is 10.1. The van der Waals surface area contributed by atoms with Crippen LogP contribution in [0.15, 0.2) is 66.9 Å². The number of aryl methyl sites for hydroxylation is 1. The molecule has 4 rings (SSSR count). The van der Waals surface area contributed by atoms with Crippen LogP contribution in [0.2, 0.25) is 10.0 Å². The van der Waals surface area contributed by atoms with Gasteiger partial charge in [-0.25, -0.2) is 4.98 Å². The van der Waals surface area contributed by atoms with Crippen LogP contribution in [-0.2, 0) is 13.0 Å². The standard InChI is InChI=1S/C23H19Cl2N3O/c1-2-20-22(28-14-17(24)11-12-21(28)27-20)23(29)26-13-15-7-9-16(10-8-15)18-5-3-4-6-19(18)25/h3-12,14H,2,13H2,1H3,(H,26,29). The van der Waals surface area contributed by atoms with E-state index in [4.69, 9.17) is 23.2 Å². The number of carbonyl (C=O) groups excluding carboxylic acids is 1. The van der Waals surface area contributed by atoms with Crippen molar-refractivity contribution in [1.82, 2.24) is 14.7 Å². The third-order valence-corrected chi connectivity index (χ3v) is 5.35. The molecular weight excluding hydrogens is 405 g/mol. The molecule has 0 spiro atoms. The van der Waals surface area contributed by atoms with Crippen molar-refractivity contribution in [2.24, 2.45) is 0 Å².